The van der Waals surface area contributed by atoms with E-state index in [-0.39, 0.29) is 0 Å². The van der Waals surface area contributed by atoms with Gasteiger partial charge in [-0.1, -0.05) is 35.3 Å². The number of halogens is 2. The molecule has 1 aromatic carbocycles. The molecule has 0 saturated carbocycles. The zero-order valence-corrected chi connectivity index (χ0v) is 12.7. The fourth-order valence-electron chi connectivity index (χ4n) is 2.12. The number of hydrogen-bond donors (Lipinski definition) is 2. The highest BCUT2D eigenvalue weighted by atomic mass is 35.5. The lowest BCUT2D eigenvalue weighted by molar-refractivity contribution is -0.143. The Morgan fingerprint density at radius 1 is 0.950 bits per heavy atom. The van der Waals surface area contributed by atoms with Gasteiger partial charge in [0.15, 0.2) is 4.33 Å². The summed E-state index contributed by atoms with van der Waals surface area (Å²) in [5.74, 6) is -1.18. The van der Waals surface area contributed by atoms with Gasteiger partial charge in [-0.3, -0.25) is 0 Å². The molecule has 1 aliphatic carbocycles. The molecule has 0 amide bonds. The fraction of sp³-hybridized carbons (Fsp3) is 0.286. The van der Waals surface area contributed by atoms with E-state index in [9.17, 15) is 0 Å². The Labute approximate surface area is 127 Å². The van der Waals surface area contributed by atoms with Crippen molar-refractivity contribution in [3.63, 3.8) is 0 Å². The minimum absolute atomic E-state index is 0.298. The molecule has 0 heterocycles. The Morgan fingerprint density at radius 2 is 1.50 bits per heavy atom. The van der Waals surface area contributed by atoms with Gasteiger partial charge in [0.25, 0.3) is 0 Å². The summed E-state index contributed by atoms with van der Waals surface area (Å²) < 4.78 is 9.49. The molecule has 0 aliphatic heterocycles. The fourth-order valence-corrected chi connectivity index (χ4v) is 2.68. The highest BCUT2D eigenvalue weighted by molar-refractivity contribution is 6.55. The molecule has 20 heavy (non-hydrogen) atoms. The predicted octanol–water partition coefficient (Wildman–Crippen LogP) is 2.67. The van der Waals surface area contributed by atoms with Crippen LogP contribution in [0.25, 0.3) is 5.57 Å². The maximum atomic E-state index is 6.35. The van der Waals surface area contributed by atoms with Crippen molar-refractivity contribution in [2.75, 3.05) is 20.0 Å². The second-order valence-corrected chi connectivity index (χ2v) is 5.86. The molecule has 0 unspecified atom stereocenters. The molecule has 0 radical (unpaired) electrons. The van der Waals surface area contributed by atoms with Gasteiger partial charge in [-0.2, -0.15) is 0 Å². The van der Waals surface area contributed by atoms with Crippen molar-refractivity contribution in [2.24, 2.45) is 5.73 Å². The number of rotatable bonds is 3. The summed E-state index contributed by atoms with van der Waals surface area (Å²) in [5, 5.41) is 0. The average molecular weight is 315 g/mol. The van der Waals surface area contributed by atoms with E-state index in [1.54, 1.807) is 18.2 Å². The predicted molar refractivity (Wildman–Crippen MR) is 82.3 cm³/mol. The van der Waals surface area contributed by atoms with E-state index in [0.717, 1.165) is 5.56 Å². The molecule has 1 aliphatic rings. The van der Waals surface area contributed by atoms with Gasteiger partial charge in [0.05, 0.1) is 5.70 Å². The van der Waals surface area contributed by atoms with Crippen LogP contribution in [0.3, 0.4) is 0 Å². The molecule has 0 spiro atoms. The van der Waals surface area contributed by atoms with Gasteiger partial charge in [0, 0.05) is 25.5 Å². The first kappa shape index (κ1) is 15.2. The molecule has 2 rings (SSSR count). The Morgan fingerprint density at radius 3 is 2.00 bits per heavy atom. The lowest BCUT2D eigenvalue weighted by Gasteiger charge is -2.36. The number of nitrogens with two attached hydrogens (primary N) is 2. The van der Waals surface area contributed by atoms with Crippen LogP contribution in [-0.2, 0) is 9.47 Å². The Bertz CT molecular complexity index is 561. The summed E-state index contributed by atoms with van der Waals surface area (Å²) in [6.45, 7) is 0. The molecule has 0 saturated heterocycles. The van der Waals surface area contributed by atoms with Crippen molar-refractivity contribution in [3.05, 3.63) is 47.7 Å². The summed E-state index contributed by atoms with van der Waals surface area (Å²) in [6, 6.07) is 7.18. The van der Waals surface area contributed by atoms with Crippen LogP contribution in [0.4, 0.5) is 5.69 Å². The number of ether oxygens (including phenoxy) is 2. The van der Waals surface area contributed by atoms with Crippen molar-refractivity contribution in [1.82, 2.24) is 0 Å². The largest absolute Gasteiger partial charge is 0.399 e. The van der Waals surface area contributed by atoms with Crippen molar-refractivity contribution >= 4 is 34.5 Å². The molecule has 0 aromatic heterocycles. The Balaban J connectivity index is 2.57. The summed E-state index contributed by atoms with van der Waals surface area (Å²) in [4.78, 5) is 0. The molecule has 108 valence electrons. The van der Waals surface area contributed by atoms with Gasteiger partial charge in [-0.15, -0.1) is 0 Å². The van der Waals surface area contributed by atoms with Crippen molar-refractivity contribution < 1.29 is 9.47 Å². The molecule has 4 N–H and O–H groups in total. The molecule has 0 atom stereocenters. The molecule has 0 fully saturated rings. The second kappa shape index (κ2) is 5.30. The van der Waals surface area contributed by atoms with E-state index >= 15 is 0 Å². The SMILES string of the molecule is COC1(OC)C=C(c2ccc(N)cc2)C(Cl)(Cl)C=C1N. The van der Waals surface area contributed by atoms with Crippen LogP contribution in [0.1, 0.15) is 5.56 Å². The van der Waals surface area contributed by atoms with Gasteiger partial charge >= 0.3 is 0 Å². The second-order valence-electron chi connectivity index (χ2n) is 4.48. The number of allylic oxidation sites excluding steroid dienone is 2. The van der Waals surface area contributed by atoms with Crippen LogP contribution >= 0.6 is 23.2 Å². The van der Waals surface area contributed by atoms with Crippen LogP contribution in [0.2, 0.25) is 0 Å². The average Bonchev–Trinajstić information content (AvgIpc) is 2.40. The van der Waals surface area contributed by atoms with Gasteiger partial charge in [0.2, 0.25) is 5.79 Å². The monoisotopic (exact) mass is 314 g/mol. The molecular formula is C14H16Cl2N2O2. The van der Waals surface area contributed by atoms with Crippen LogP contribution in [0, 0.1) is 0 Å². The van der Waals surface area contributed by atoms with E-state index < -0.39 is 10.1 Å². The molecular weight excluding hydrogens is 299 g/mol. The van der Waals surface area contributed by atoms with E-state index in [1.807, 2.05) is 12.1 Å². The number of anilines is 1. The van der Waals surface area contributed by atoms with Crippen LogP contribution < -0.4 is 11.5 Å². The molecule has 4 nitrogen and oxygen atoms in total. The lowest BCUT2D eigenvalue weighted by Crippen LogP contribution is -2.42. The number of hydrogen-bond acceptors (Lipinski definition) is 4. The maximum absolute atomic E-state index is 6.35. The number of nitrogen functional groups attached to an aromatic ring is 1. The van der Waals surface area contributed by atoms with E-state index in [0.29, 0.717) is 17.0 Å². The third-order valence-corrected chi connectivity index (χ3v) is 3.89. The van der Waals surface area contributed by atoms with Crippen molar-refractivity contribution in [1.29, 1.82) is 0 Å². The van der Waals surface area contributed by atoms with Gasteiger partial charge < -0.3 is 20.9 Å². The third kappa shape index (κ3) is 2.52. The first-order valence-corrected chi connectivity index (χ1v) is 6.66. The summed E-state index contributed by atoms with van der Waals surface area (Å²) in [6.07, 6.45) is 3.18. The third-order valence-electron chi connectivity index (χ3n) is 3.26. The van der Waals surface area contributed by atoms with Crippen LogP contribution in [0.5, 0.6) is 0 Å². The Hall–Kier alpha value is -1.20. The molecule has 1 aromatic rings. The number of alkyl halides is 2. The first-order valence-electron chi connectivity index (χ1n) is 5.91. The lowest BCUT2D eigenvalue weighted by atomic mass is 9.92. The zero-order valence-electron chi connectivity index (χ0n) is 11.2. The highest BCUT2D eigenvalue weighted by Gasteiger charge is 2.42. The van der Waals surface area contributed by atoms with E-state index in [1.165, 1.54) is 20.3 Å². The quantitative estimate of drug-likeness (QED) is 0.511. The smallest absolute Gasteiger partial charge is 0.229 e. The topological polar surface area (TPSA) is 70.5 Å². The van der Waals surface area contributed by atoms with Crippen LogP contribution in [-0.4, -0.2) is 24.3 Å². The standard InChI is InChI=1S/C14H16Cl2N2O2/c1-19-14(20-2)7-11(13(15,16)8-12(14)18)9-3-5-10(17)6-4-9/h3-8H,17-18H2,1-2H3. The summed E-state index contributed by atoms with van der Waals surface area (Å²) in [7, 11) is 2.99. The zero-order chi connectivity index (χ0) is 15.0. The number of benzene rings is 1. The first-order chi connectivity index (χ1) is 9.34. The van der Waals surface area contributed by atoms with Crippen molar-refractivity contribution in [3.8, 4) is 0 Å². The molecule has 0 bridgehead atoms. The normalized spacial score (nSPS) is 20.2. The van der Waals surface area contributed by atoms with E-state index in [2.05, 4.69) is 0 Å². The van der Waals surface area contributed by atoms with Crippen molar-refractivity contribution in [2.45, 2.75) is 10.1 Å². The highest BCUT2D eigenvalue weighted by Crippen LogP contribution is 2.45. The Kier molecular flexibility index (Phi) is 4.02. The van der Waals surface area contributed by atoms with Gasteiger partial charge in [-0.05, 0) is 29.8 Å². The minimum Gasteiger partial charge on any atom is -0.399 e. The number of methoxy groups -OCH3 is 2. The molecule has 6 heteroatoms. The summed E-state index contributed by atoms with van der Waals surface area (Å²) >= 11 is 12.7. The van der Waals surface area contributed by atoms with Crippen LogP contribution in [0.15, 0.2) is 42.1 Å². The van der Waals surface area contributed by atoms with Gasteiger partial charge in [0.1, 0.15) is 0 Å². The van der Waals surface area contributed by atoms with Gasteiger partial charge in [-0.25, -0.2) is 0 Å². The maximum Gasteiger partial charge on any atom is 0.229 e. The summed E-state index contributed by atoms with van der Waals surface area (Å²) in [5.41, 5.74) is 14.0. The minimum atomic E-state index is -1.26. The van der Waals surface area contributed by atoms with E-state index in [4.69, 9.17) is 44.1 Å².